The highest BCUT2D eigenvalue weighted by Crippen LogP contribution is 2.58. The summed E-state index contributed by atoms with van der Waals surface area (Å²) in [6.07, 6.45) is 0.715. The van der Waals surface area contributed by atoms with Gasteiger partial charge in [-0.1, -0.05) is 24.3 Å². The van der Waals surface area contributed by atoms with Crippen molar-refractivity contribution >= 4 is 11.7 Å². The summed E-state index contributed by atoms with van der Waals surface area (Å²) in [5, 5.41) is 0. The Morgan fingerprint density at radius 2 is 1.92 bits per heavy atom. The van der Waals surface area contributed by atoms with E-state index in [1.165, 1.54) is 0 Å². The number of benzene rings is 2. The highest BCUT2D eigenvalue weighted by atomic mass is 16.5. The van der Waals surface area contributed by atoms with Gasteiger partial charge in [-0.3, -0.25) is 9.59 Å². The fourth-order valence-electron chi connectivity index (χ4n) is 4.71. The molecule has 0 aromatic heterocycles. The summed E-state index contributed by atoms with van der Waals surface area (Å²) in [6.45, 7) is 0.565. The van der Waals surface area contributed by atoms with Gasteiger partial charge in [-0.2, -0.15) is 0 Å². The molecule has 1 aliphatic carbocycles. The molecule has 1 amide bonds. The lowest BCUT2D eigenvalue weighted by atomic mass is 9.72. The number of carbonyl (C=O) groups is 2. The average Bonchev–Trinajstić information content (AvgIpc) is 2.91. The van der Waals surface area contributed by atoms with Gasteiger partial charge in [0.05, 0.1) is 26.2 Å². The topological polar surface area (TPSA) is 55.8 Å². The summed E-state index contributed by atoms with van der Waals surface area (Å²) < 4.78 is 11.3. The lowest BCUT2D eigenvalue weighted by Crippen LogP contribution is -2.37. The van der Waals surface area contributed by atoms with Crippen molar-refractivity contribution < 1.29 is 19.1 Å². The van der Waals surface area contributed by atoms with Crippen LogP contribution in [-0.2, 0) is 16.0 Å². The molecule has 0 spiro atoms. The normalized spacial score (nSPS) is 22.6. The molecule has 2 heterocycles. The number of Topliss-reactive ketones (excluding diaryl/α,β-unsaturated/α-hetero) is 1. The van der Waals surface area contributed by atoms with Gasteiger partial charge in [-0.15, -0.1) is 0 Å². The fraction of sp³-hybridized carbons (Fsp3) is 0.300. The summed E-state index contributed by atoms with van der Waals surface area (Å²) >= 11 is 0. The summed E-state index contributed by atoms with van der Waals surface area (Å²) in [4.78, 5) is 27.0. The largest absolute Gasteiger partial charge is 0.493 e. The smallest absolute Gasteiger partial charge is 0.291 e. The van der Waals surface area contributed by atoms with Crippen LogP contribution >= 0.6 is 0 Å². The Kier molecular flexibility index (Phi) is 2.82. The van der Waals surface area contributed by atoms with Crippen LogP contribution in [0.4, 0.5) is 0 Å². The zero-order valence-electron chi connectivity index (χ0n) is 14.0. The van der Waals surface area contributed by atoms with Crippen molar-refractivity contribution in [2.45, 2.75) is 18.4 Å². The quantitative estimate of drug-likeness (QED) is 0.791. The van der Waals surface area contributed by atoms with E-state index in [-0.39, 0.29) is 17.7 Å². The van der Waals surface area contributed by atoms with E-state index in [1.807, 2.05) is 30.3 Å². The Bertz CT molecular complexity index is 949. The first kappa shape index (κ1) is 14.5. The number of ketones is 1. The number of nitrogens with zero attached hydrogens (tertiary/aromatic N) is 1. The van der Waals surface area contributed by atoms with Gasteiger partial charge in [0.2, 0.25) is 5.78 Å². The second-order valence-corrected chi connectivity index (χ2v) is 6.68. The SMILES string of the molecule is COc1cc2c3c(c1OC)-c1ccccc1[C@H]1C(=O)C(=O)N(CC2)[C@H]31. The van der Waals surface area contributed by atoms with Crippen LogP contribution in [0, 0.1) is 0 Å². The number of amides is 1. The number of hydrogen-bond donors (Lipinski definition) is 0. The van der Waals surface area contributed by atoms with E-state index in [0.717, 1.165) is 27.8 Å². The molecule has 0 bridgehead atoms. The molecule has 5 rings (SSSR count). The molecule has 0 radical (unpaired) electrons. The number of methoxy groups -OCH3 is 2. The van der Waals surface area contributed by atoms with Crippen LogP contribution in [0.5, 0.6) is 11.5 Å². The molecule has 5 nitrogen and oxygen atoms in total. The third kappa shape index (κ3) is 1.63. The molecule has 0 saturated carbocycles. The van der Waals surface area contributed by atoms with Crippen molar-refractivity contribution in [2.75, 3.05) is 20.8 Å². The van der Waals surface area contributed by atoms with Crippen LogP contribution in [0.1, 0.15) is 28.7 Å². The van der Waals surface area contributed by atoms with Gasteiger partial charge < -0.3 is 14.4 Å². The van der Waals surface area contributed by atoms with Crippen LogP contribution in [0.25, 0.3) is 11.1 Å². The van der Waals surface area contributed by atoms with E-state index in [1.54, 1.807) is 19.1 Å². The van der Waals surface area contributed by atoms with Crippen molar-refractivity contribution in [1.29, 1.82) is 0 Å². The van der Waals surface area contributed by atoms with Crippen LogP contribution in [0.3, 0.4) is 0 Å². The Labute approximate surface area is 145 Å². The molecule has 2 aromatic carbocycles. The van der Waals surface area contributed by atoms with Crippen molar-refractivity contribution in [3.05, 3.63) is 47.0 Å². The van der Waals surface area contributed by atoms with Crippen LogP contribution in [-0.4, -0.2) is 37.4 Å². The summed E-state index contributed by atoms with van der Waals surface area (Å²) in [5.41, 5.74) is 5.00. The molecule has 0 unspecified atom stereocenters. The molecule has 1 fully saturated rings. The maximum absolute atomic E-state index is 12.7. The van der Waals surface area contributed by atoms with E-state index >= 15 is 0 Å². The Balaban J connectivity index is 1.93. The summed E-state index contributed by atoms with van der Waals surface area (Å²) in [7, 11) is 3.26. The summed E-state index contributed by atoms with van der Waals surface area (Å²) in [6, 6.07) is 9.58. The van der Waals surface area contributed by atoms with E-state index < -0.39 is 5.92 Å². The number of rotatable bonds is 2. The fourth-order valence-corrected chi connectivity index (χ4v) is 4.71. The molecule has 2 atom stereocenters. The molecule has 5 heteroatoms. The zero-order valence-corrected chi connectivity index (χ0v) is 14.0. The van der Waals surface area contributed by atoms with Crippen molar-refractivity contribution in [3.63, 3.8) is 0 Å². The lowest BCUT2D eigenvalue weighted by Gasteiger charge is -2.40. The number of carbonyl (C=O) groups excluding carboxylic acids is 2. The molecule has 25 heavy (non-hydrogen) atoms. The lowest BCUT2D eigenvalue weighted by molar-refractivity contribution is -0.140. The Hall–Kier alpha value is -2.82. The van der Waals surface area contributed by atoms with Crippen LogP contribution < -0.4 is 9.47 Å². The van der Waals surface area contributed by atoms with Crippen molar-refractivity contribution in [3.8, 4) is 22.6 Å². The minimum absolute atomic E-state index is 0.228. The van der Waals surface area contributed by atoms with E-state index in [4.69, 9.17) is 9.47 Å². The third-order valence-corrected chi connectivity index (χ3v) is 5.68. The van der Waals surface area contributed by atoms with Gasteiger partial charge in [0, 0.05) is 12.1 Å². The molecule has 2 aromatic rings. The van der Waals surface area contributed by atoms with E-state index in [2.05, 4.69) is 0 Å². The molecular weight excluding hydrogens is 318 g/mol. The van der Waals surface area contributed by atoms with Gasteiger partial charge in [0.25, 0.3) is 5.91 Å². The number of hydrogen-bond acceptors (Lipinski definition) is 4. The highest BCUT2D eigenvalue weighted by molar-refractivity contribution is 6.41. The second-order valence-electron chi connectivity index (χ2n) is 6.68. The number of fused-ring (bicyclic) bond motifs is 3. The maximum atomic E-state index is 12.7. The molecule has 126 valence electrons. The van der Waals surface area contributed by atoms with Crippen molar-refractivity contribution in [2.24, 2.45) is 0 Å². The molecule has 0 N–H and O–H groups in total. The predicted molar refractivity (Wildman–Crippen MR) is 90.9 cm³/mol. The maximum Gasteiger partial charge on any atom is 0.291 e. The first-order valence-corrected chi connectivity index (χ1v) is 8.39. The first-order chi connectivity index (χ1) is 12.2. The monoisotopic (exact) mass is 335 g/mol. The van der Waals surface area contributed by atoms with Crippen molar-refractivity contribution in [1.82, 2.24) is 4.90 Å². The molecular formula is C20H17NO4. The number of ether oxygens (including phenoxy) is 2. The Morgan fingerprint density at radius 3 is 2.68 bits per heavy atom. The third-order valence-electron chi connectivity index (χ3n) is 5.68. The second kappa shape index (κ2) is 4.85. The van der Waals surface area contributed by atoms with Gasteiger partial charge in [0.1, 0.15) is 0 Å². The minimum atomic E-state index is -0.423. The predicted octanol–water partition coefficient (Wildman–Crippen LogP) is 2.48. The minimum Gasteiger partial charge on any atom is -0.493 e. The van der Waals surface area contributed by atoms with Crippen LogP contribution in [0.15, 0.2) is 30.3 Å². The Morgan fingerprint density at radius 1 is 1.12 bits per heavy atom. The summed E-state index contributed by atoms with van der Waals surface area (Å²) in [5.74, 6) is 0.270. The van der Waals surface area contributed by atoms with E-state index in [0.29, 0.717) is 24.5 Å². The molecule has 1 saturated heterocycles. The molecule has 2 aliphatic heterocycles. The standard InChI is InChI=1S/C20H17NO4/c1-24-13-9-10-7-8-21-17-14(10)15(19(13)25-2)11-5-3-4-6-12(11)16(17)18(22)20(21)23/h3-6,9,16-17H,7-8H2,1-2H3/t16-,17-/m1/s1. The van der Waals surface area contributed by atoms with Gasteiger partial charge in [0.15, 0.2) is 11.5 Å². The first-order valence-electron chi connectivity index (χ1n) is 8.39. The molecule has 3 aliphatic rings. The average molecular weight is 335 g/mol. The van der Waals surface area contributed by atoms with Gasteiger partial charge in [-0.25, -0.2) is 0 Å². The zero-order chi connectivity index (χ0) is 17.3. The highest BCUT2D eigenvalue weighted by Gasteiger charge is 2.54. The van der Waals surface area contributed by atoms with Gasteiger partial charge in [-0.05, 0) is 34.7 Å². The van der Waals surface area contributed by atoms with Gasteiger partial charge >= 0.3 is 0 Å². The van der Waals surface area contributed by atoms with E-state index in [9.17, 15) is 9.59 Å². The van der Waals surface area contributed by atoms with Crippen LogP contribution in [0.2, 0.25) is 0 Å².